The second kappa shape index (κ2) is 5.57. The predicted octanol–water partition coefficient (Wildman–Crippen LogP) is 3.56. The lowest BCUT2D eigenvalue weighted by Gasteiger charge is -2.34. The fraction of sp³-hybridized carbons (Fsp3) is 0.412. The van der Waals surface area contributed by atoms with Crippen molar-refractivity contribution in [3.63, 3.8) is 0 Å². The molecule has 0 amide bonds. The number of aromatic nitrogens is 3. The van der Waals surface area contributed by atoms with Crippen LogP contribution in [0.4, 0.5) is 0 Å². The minimum absolute atomic E-state index is 0.332. The number of fused-ring (bicyclic) bond motifs is 1. The summed E-state index contributed by atoms with van der Waals surface area (Å²) in [6.07, 6.45) is 7.16. The summed E-state index contributed by atoms with van der Waals surface area (Å²) in [5.74, 6) is 1.84. The lowest BCUT2D eigenvalue weighted by atomic mass is 10.0. The van der Waals surface area contributed by atoms with Gasteiger partial charge in [-0.1, -0.05) is 13.3 Å². The first kappa shape index (κ1) is 13.5. The van der Waals surface area contributed by atoms with Crippen molar-refractivity contribution in [3.8, 4) is 5.88 Å². The molecule has 1 atom stereocenters. The third-order valence-corrected chi connectivity index (χ3v) is 4.49. The van der Waals surface area contributed by atoms with Gasteiger partial charge in [0.25, 0.3) is 0 Å². The van der Waals surface area contributed by atoms with E-state index < -0.39 is 0 Å². The molecule has 0 bridgehead atoms. The first-order chi connectivity index (χ1) is 10.9. The van der Waals surface area contributed by atoms with Crippen LogP contribution in [-0.2, 0) is 0 Å². The number of piperidine rings is 1. The van der Waals surface area contributed by atoms with Gasteiger partial charge in [0, 0.05) is 12.3 Å². The van der Waals surface area contributed by atoms with Gasteiger partial charge in [-0.15, -0.1) is 0 Å². The van der Waals surface area contributed by atoms with E-state index in [1.54, 1.807) is 6.26 Å². The van der Waals surface area contributed by atoms with Crippen LogP contribution >= 0.6 is 0 Å². The molecular formula is C17H20N4O. The highest BCUT2D eigenvalue weighted by atomic mass is 16.3. The molecule has 0 aromatic carbocycles. The second-order valence-corrected chi connectivity index (χ2v) is 5.74. The summed E-state index contributed by atoms with van der Waals surface area (Å²) in [5, 5.41) is 0. The largest absolute Gasteiger partial charge is 0.448 e. The molecule has 1 aliphatic rings. The summed E-state index contributed by atoms with van der Waals surface area (Å²) in [6, 6.07) is 8.16. The van der Waals surface area contributed by atoms with Crippen molar-refractivity contribution in [2.24, 2.45) is 0 Å². The van der Waals surface area contributed by atoms with Crippen molar-refractivity contribution in [1.29, 1.82) is 0 Å². The molecular weight excluding hydrogens is 276 g/mol. The van der Waals surface area contributed by atoms with Crippen molar-refractivity contribution in [2.45, 2.75) is 32.2 Å². The minimum atomic E-state index is 0.332. The summed E-state index contributed by atoms with van der Waals surface area (Å²) in [4.78, 5) is 11.9. The molecule has 1 saturated heterocycles. The van der Waals surface area contributed by atoms with Crippen molar-refractivity contribution in [1.82, 2.24) is 19.4 Å². The Morgan fingerprint density at radius 3 is 3.05 bits per heavy atom. The highest BCUT2D eigenvalue weighted by molar-refractivity contribution is 5.73. The first-order valence-corrected chi connectivity index (χ1v) is 8.00. The van der Waals surface area contributed by atoms with Gasteiger partial charge in [-0.05, 0) is 44.1 Å². The Kier molecular flexibility index (Phi) is 3.42. The van der Waals surface area contributed by atoms with Gasteiger partial charge in [0.15, 0.2) is 5.65 Å². The maximum atomic E-state index is 5.65. The van der Waals surface area contributed by atoms with Gasteiger partial charge in [0.2, 0.25) is 5.88 Å². The van der Waals surface area contributed by atoms with E-state index in [-0.39, 0.29) is 0 Å². The number of pyridine rings is 1. The Balaban J connectivity index is 1.91. The Bertz CT molecular complexity index is 762. The highest BCUT2D eigenvalue weighted by Crippen LogP contribution is 2.33. The van der Waals surface area contributed by atoms with Crippen LogP contribution < -0.4 is 0 Å². The quantitative estimate of drug-likeness (QED) is 0.741. The topological polar surface area (TPSA) is 47.1 Å². The van der Waals surface area contributed by atoms with Gasteiger partial charge in [0.05, 0.1) is 12.3 Å². The molecule has 3 aromatic heterocycles. The van der Waals surface area contributed by atoms with Gasteiger partial charge in [-0.25, -0.2) is 14.5 Å². The summed E-state index contributed by atoms with van der Waals surface area (Å²) in [7, 11) is 0. The van der Waals surface area contributed by atoms with E-state index in [0.717, 1.165) is 42.4 Å². The molecule has 5 heteroatoms. The fourth-order valence-electron chi connectivity index (χ4n) is 3.43. The zero-order chi connectivity index (χ0) is 14.9. The van der Waals surface area contributed by atoms with Crippen LogP contribution in [0.15, 0.2) is 41.1 Å². The van der Waals surface area contributed by atoms with Crippen LogP contribution in [0.1, 0.15) is 38.1 Å². The van der Waals surface area contributed by atoms with Crippen LogP contribution in [-0.4, -0.2) is 32.5 Å². The van der Waals surface area contributed by atoms with E-state index in [0.29, 0.717) is 6.04 Å². The second-order valence-electron chi connectivity index (χ2n) is 5.74. The van der Waals surface area contributed by atoms with Crippen LogP contribution in [0.2, 0.25) is 0 Å². The van der Waals surface area contributed by atoms with Crippen LogP contribution in [0, 0.1) is 0 Å². The Morgan fingerprint density at radius 2 is 2.23 bits per heavy atom. The average molecular weight is 296 g/mol. The highest BCUT2D eigenvalue weighted by Gasteiger charge is 2.29. The molecule has 0 spiro atoms. The zero-order valence-electron chi connectivity index (χ0n) is 12.8. The lowest BCUT2D eigenvalue weighted by molar-refractivity contribution is 0.148. The average Bonchev–Trinajstić information content (AvgIpc) is 3.21. The summed E-state index contributed by atoms with van der Waals surface area (Å²) < 4.78 is 7.73. The summed E-state index contributed by atoms with van der Waals surface area (Å²) >= 11 is 0. The van der Waals surface area contributed by atoms with E-state index in [9.17, 15) is 0 Å². The molecule has 22 heavy (non-hydrogen) atoms. The Labute approximate surface area is 129 Å². The van der Waals surface area contributed by atoms with Gasteiger partial charge in [0.1, 0.15) is 11.3 Å². The maximum absolute atomic E-state index is 5.65. The Morgan fingerprint density at radius 1 is 1.27 bits per heavy atom. The number of hydrogen-bond acceptors (Lipinski definition) is 4. The SMILES string of the molecule is CCN1CCCCC1c1nc2cccnc2n1-c1ccco1. The molecule has 0 radical (unpaired) electrons. The Hall–Kier alpha value is -2.14. The smallest absolute Gasteiger partial charge is 0.206 e. The molecule has 114 valence electrons. The van der Waals surface area contributed by atoms with Gasteiger partial charge in [-0.2, -0.15) is 0 Å². The van der Waals surface area contributed by atoms with Crippen LogP contribution in [0.3, 0.4) is 0 Å². The standard InChI is InChI=1S/C17H20N4O/c1-2-20-11-4-3-8-14(20)17-19-13-7-5-10-18-16(13)21(17)15-9-6-12-22-15/h5-7,9-10,12,14H,2-4,8,11H2,1H3. The number of likely N-dealkylation sites (tertiary alicyclic amines) is 1. The predicted molar refractivity (Wildman–Crippen MR) is 85.0 cm³/mol. The third-order valence-electron chi connectivity index (χ3n) is 4.49. The maximum Gasteiger partial charge on any atom is 0.206 e. The molecule has 1 unspecified atom stereocenters. The van der Waals surface area contributed by atoms with Gasteiger partial charge < -0.3 is 4.42 Å². The normalized spacial score (nSPS) is 19.8. The molecule has 0 aliphatic carbocycles. The van der Waals surface area contributed by atoms with E-state index in [4.69, 9.17) is 9.40 Å². The van der Waals surface area contributed by atoms with Crippen molar-refractivity contribution < 1.29 is 4.42 Å². The van der Waals surface area contributed by atoms with Gasteiger partial charge >= 0.3 is 0 Å². The van der Waals surface area contributed by atoms with Crippen molar-refractivity contribution in [3.05, 3.63) is 42.5 Å². The van der Waals surface area contributed by atoms with Crippen molar-refractivity contribution >= 4 is 11.2 Å². The molecule has 0 N–H and O–H groups in total. The first-order valence-electron chi connectivity index (χ1n) is 8.00. The number of furan rings is 1. The molecule has 1 fully saturated rings. The lowest BCUT2D eigenvalue weighted by Crippen LogP contribution is -2.34. The van der Waals surface area contributed by atoms with Crippen molar-refractivity contribution in [2.75, 3.05) is 13.1 Å². The molecule has 5 nitrogen and oxygen atoms in total. The molecule has 4 heterocycles. The van der Waals surface area contributed by atoms with E-state index in [1.807, 2.05) is 30.5 Å². The van der Waals surface area contributed by atoms with Crippen LogP contribution in [0.5, 0.6) is 0 Å². The fourth-order valence-corrected chi connectivity index (χ4v) is 3.43. The number of rotatable bonds is 3. The summed E-state index contributed by atoms with van der Waals surface area (Å²) in [5.41, 5.74) is 1.80. The van der Waals surface area contributed by atoms with E-state index >= 15 is 0 Å². The van der Waals surface area contributed by atoms with E-state index in [2.05, 4.69) is 21.4 Å². The number of imidazole rings is 1. The third kappa shape index (κ3) is 2.13. The van der Waals surface area contributed by atoms with Crippen LogP contribution in [0.25, 0.3) is 17.0 Å². The molecule has 0 saturated carbocycles. The molecule has 3 aromatic rings. The van der Waals surface area contributed by atoms with Gasteiger partial charge in [-0.3, -0.25) is 4.90 Å². The summed E-state index contributed by atoms with van der Waals surface area (Å²) in [6.45, 7) is 4.39. The molecule has 4 rings (SSSR count). The monoisotopic (exact) mass is 296 g/mol. The molecule has 1 aliphatic heterocycles. The zero-order valence-corrected chi connectivity index (χ0v) is 12.8. The number of nitrogens with zero attached hydrogens (tertiary/aromatic N) is 4. The minimum Gasteiger partial charge on any atom is -0.448 e. The number of hydrogen-bond donors (Lipinski definition) is 0. The van der Waals surface area contributed by atoms with E-state index in [1.165, 1.54) is 12.8 Å².